The molecule has 2 aliphatic heterocycles. The number of carbonyl (C=O) groups is 2. The van der Waals surface area contributed by atoms with Gasteiger partial charge in [-0.2, -0.15) is 0 Å². The zero-order chi connectivity index (χ0) is 21.1. The van der Waals surface area contributed by atoms with Crippen LogP contribution in [0.1, 0.15) is 40.0 Å². The van der Waals surface area contributed by atoms with Gasteiger partial charge < -0.3 is 14.7 Å². The van der Waals surface area contributed by atoms with Gasteiger partial charge in [0, 0.05) is 56.1 Å². The lowest BCUT2D eigenvalue weighted by atomic mass is 10.1. The molecule has 0 atom stereocenters. The number of pyridine rings is 1. The second-order valence-corrected chi connectivity index (χ2v) is 8.51. The molecule has 0 N–H and O–H groups in total. The first-order valence-electron chi connectivity index (χ1n) is 10.3. The summed E-state index contributed by atoms with van der Waals surface area (Å²) >= 11 is 12.4. The maximum atomic E-state index is 12.7. The van der Waals surface area contributed by atoms with Crippen LogP contribution in [0.5, 0.6) is 0 Å². The SMILES string of the molecule is O=C(c1cnc(N2CCN(C(=O)c3ccc(Cl)cc3)CC2)c(Cl)c1)N1CCCCC1. The molecule has 2 aromatic rings. The molecule has 2 saturated heterocycles. The molecule has 158 valence electrons. The van der Waals surface area contributed by atoms with Gasteiger partial charge >= 0.3 is 0 Å². The molecule has 1 aromatic heterocycles. The Morgan fingerprint density at radius 3 is 2.00 bits per heavy atom. The summed E-state index contributed by atoms with van der Waals surface area (Å²) in [4.78, 5) is 35.6. The van der Waals surface area contributed by atoms with Crippen molar-refractivity contribution >= 4 is 40.8 Å². The Labute approximate surface area is 186 Å². The summed E-state index contributed by atoms with van der Waals surface area (Å²) in [5.74, 6) is 0.646. The number of aromatic nitrogens is 1. The van der Waals surface area contributed by atoms with Crippen molar-refractivity contribution in [1.29, 1.82) is 0 Å². The predicted molar refractivity (Wildman–Crippen MR) is 119 cm³/mol. The minimum atomic E-state index is -0.00662. The molecular formula is C22H24Cl2N4O2. The summed E-state index contributed by atoms with van der Waals surface area (Å²) < 4.78 is 0. The highest BCUT2D eigenvalue weighted by Crippen LogP contribution is 2.26. The van der Waals surface area contributed by atoms with Gasteiger partial charge in [-0.15, -0.1) is 0 Å². The fraction of sp³-hybridized carbons (Fsp3) is 0.409. The van der Waals surface area contributed by atoms with Gasteiger partial charge in [-0.3, -0.25) is 9.59 Å². The van der Waals surface area contributed by atoms with Gasteiger partial charge in [0.1, 0.15) is 5.82 Å². The van der Waals surface area contributed by atoms with Crippen molar-refractivity contribution in [2.24, 2.45) is 0 Å². The summed E-state index contributed by atoms with van der Waals surface area (Å²) in [7, 11) is 0. The number of nitrogens with zero attached hydrogens (tertiary/aromatic N) is 4. The molecule has 2 aliphatic rings. The Hall–Kier alpha value is -2.31. The van der Waals surface area contributed by atoms with Crippen molar-refractivity contribution in [2.45, 2.75) is 19.3 Å². The highest BCUT2D eigenvalue weighted by atomic mass is 35.5. The molecule has 30 heavy (non-hydrogen) atoms. The van der Waals surface area contributed by atoms with E-state index in [1.54, 1.807) is 36.5 Å². The van der Waals surface area contributed by atoms with Gasteiger partial charge in [-0.05, 0) is 49.6 Å². The molecule has 0 unspecified atom stereocenters. The fourth-order valence-corrected chi connectivity index (χ4v) is 4.37. The van der Waals surface area contributed by atoms with Crippen molar-refractivity contribution in [3.8, 4) is 0 Å². The number of rotatable bonds is 3. The third kappa shape index (κ3) is 4.55. The highest BCUT2D eigenvalue weighted by molar-refractivity contribution is 6.33. The molecule has 2 amide bonds. The maximum Gasteiger partial charge on any atom is 0.255 e. The van der Waals surface area contributed by atoms with Crippen LogP contribution in [0.2, 0.25) is 10.0 Å². The van der Waals surface area contributed by atoms with E-state index in [-0.39, 0.29) is 11.8 Å². The smallest absolute Gasteiger partial charge is 0.255 e. The van der Waals surface area contributed by atoms with Crippen molar-refractivity contribution in [3.63, 3.8) is 0 Å². The molecule has 6 nitrogen and oxygen atoms in total. The Bertz CT molecular complexity index is 921. The maximum absolute atomic E-state index is 12.7. The summed E-state index contributed by atoms with van der Waals surface area (Å²) in [5, 5.41) is 1.08. The minimum Gasteiger partial charge on any atom is -0.352 e. The lowest BCUT2D eigenvalue weighted by molar-refractivity contribution is 0.0721. The van der Waals surface area contributed by atoms with Crippen molar-refractivity contribution in [2.75, 3.05) is 44.2 Å². The number of carbonyl (C=O) groups excluding carboxylic acids is 2. The minimum absolute atomic E-state index is 0.00553. The van der Waals surface area contributed by atoms with Gasteiger partial charge in [-0.25, -0.2) is 4.98 Å². The van der Waals surface area contributed by atoms with Crippen LogP contribution in [0, 0.1) is 0 Å². The number of hydrogen-bond acceptors (Lipinski definition) is 4. The second-order valence-electron chi connectivity index (χ2n) is 7.67. The molecule has 2 fully saturated rings. The predicted octanol–water partition coefficient (Wildman–Crippen LogP) is 3.98. The number of amides is 2. The third-order valence-corrected chi connectivity index (χ3v) is 6.20. The van der Waals surface area contributed by atoms with E-state index in [1.807, 2.05) is 9.80 Å². The number of anilines is 1. The standard InChI is InChI=1S/C22H24Cl2N4O2/c23-18-6-4-16(5-7-18)21(29)28-12-10-26(11-13-28)20-19(24)14-17(15-25-20)22(30)27-8-2-1-3-9-27/h4-7,14-15H,1-3,8-13H2. The number of likely N-dealkylation sites (tertiary alicyclic amines) is 1. The van der Waals surface area contributed by atoms with Crippen LogP contribution in [0.25, 0.3) is 0 Å². The Kier molecular flexibility index (Phi) is 6.44. The molecule has 0 bridgehead atoms. The number of halogens is 2. The first-order chi connectivity index (χ1) is 14.5. The average Bonchev–Trinajstić information content (AvgIpc) is 2.79. The molecule has 0 spiro atoms. The summed E-state index contributed by atoms with van der Waals surface area (Å²) in [6, 6.07) is 8.65. The van der Waals surface area contributed by atoms with Gasteiger partial charge in [0.2, 0.25) is 0 Å². The Morgan fingerprint density at radius 2 is 1.37 bits per heavy atom. The molecule has 0 aliphatic carbocycles. The quantitative estimate of drug-likeness (QED) is 0.715. The lowest BCUT2D eigenvalue weighted by Crippen LogP contribution is -2.49. The number of benzene rings is 1. The van der Waals surface area contributed by atoms with E-state index in [1.165, 1.54) is 6.42 Å². The zero-order valence-electron chi connectivity index (χ0n) is 16.7. The van der Waals surface area contributed by atoms with Crippen LogP contribution in [0.4, 0.5) is 5.82 Å². The van der Waals surface area contributed by atoms with Crippen molar-refractivity contribution < 1.29 is 9.59 Å². The summed E-state index contributed by atoms with van der Waals surface area (Å²) in [6.07, 6.45) is 4.88. The van der Waals surface area contributed by atoms with Crippen molar-refractivity contribution in [3.05, 3.63) is 57.7 Å². The first-order valence-corrected chi connectivity index (χ1v) is 11.0. The van der Waals surface area contributed by atoms with Gasteiger partial charge in [0.05, 0.1) is 10.6 Å². The summed E-state index contributed by atoms with van der Waals surface area (Å²) in [5.41, 5.74) is 1.16. The molecule has 8 heteroatoms. The van der Waals surface area contributed by atoms with E-state index in [0.29, 0.717) is 53.2 Å². The molecule has 0 saturated carbocycles. The van der Waals surface area contributed by atoms with Crippen LogP contribution in [-0.2, 0) is 0 Å². The molecular weight excluding hydrogens is 423 g/mol. The summed E-state index contributed by atoms with van der Waals surface area (Å²) in [6.45, 7) is 4.00. The topological polar surface area (TPSA) is 56.8 Å². The molecule has 4 rings (SSSR count). The van der Waals surface area contributed by atoms with Crippen LogP contribution >= 0.6 is 23.2 Å². The number of hydrogen-bond donors (Lipinski definition) is 0. The van der Waals surface area contributed by atoms with E-state index in [2.05, 4.69) is 9.88 Å². The van der Waals surface area contributed by atoms with Gasteiger partial charge in [0.15, 0.2) is 0 Å². The average molecular weight is 447 g/mol. The normalized spacial score (nSPS) is 17.2. The number of piperazine rings is 1. The largest absolute Gasteiger partial charge is 0.352 e. The van der Waals surface area contributed by atoms with Gasteiger partial charge in [-0.1, -0.05) is 23.2 Å². The first kappa shape index (κ1) is 20.9. The molecule has 1 aromatic carbocycles. The fourth-order valence-electron chi connectivity index (χ4n) is 3.96. The lowest BCUT2D eigenvalue weighted by Gasteiger charge is -2.36. The molecule has 3 heterocycles. The van der Waals surface area contributed by atoms with Crippen LogP contribution in [-0.4, -0.2) is 65.9 Å². The van der Waals surface area contributed by atoms with Crippen molar-refractivity contribution in [1.82, 2.24) is 14.8 Å². The van der Waals surface area contributed by atoms with E-state index < -0.39 is 0 Å². The van der Waals surface area contributed by atoms with Gasteiger partial charge in [0.25, 0.3) is 11.8 Å². The Morgan fingerprint density at radius 1 is 0.767 bits per heavy atom. The van der Waals surface area contributed by atoms with E-state index in [4.69, 9.17) is 23.2 Å². The zero-order valence-corrected chi connectivity index (χ0v) is 18.2. The molecule has 0 radical (unpaired) electrons. The van der Waals surface area contributed by atoms with E-state index in [0.717, 1.165) is 25.9 Å². The van der Waals surface area contributed by atoms with Crippen LogP contribution in [0.3, 0.4) is 0 Å². The van der Waals surface area contributed by atoms with E-state index >= 15 is 0 Å². The van der Waals surface area contributed by atoms with Crippen LogP contribution < -0.4 is 4.90 Å². The van der Waals surface area contributed by atoms with E-state index in [9.17, 15) is 9.59 Å². The highest BCUT2D eigenvalue weighted by Gasteiger charge is 2.25. The second kappa shape index (κ2) is 9.23. The van der Waals surface area contributed by atoms with Crippen LogP contribution in [0.15, 0.2) is 36.5 Å². The number of piperidine rings is 1. The third-order valence-electron chi connectivity index (χ3n) is 5.67. The Balaban J connectivity index is 1.39. The monoisotopic (exact) mass is 446 g/mol.